The minimum atomic E-state index is -0.256. The van der Waals surface area contributed by atoms with Crippen LogP contribution in [0.1, 0.15) is 18.4 Å². The van der Waals surface area contributed by atoms with Crippen LogP contribution < -0.4 is 5.32 Å². The van der Waals surface area contributed by atoms with E-state index in [2.05, 4.69) is 26.1 Å². The Morgan fingerprint density at radius 2 is 2.04 bits per heavy atom. The number of rotatable bonds is 4. The molecule has 0 aromatic heterocycles. The van der Waals surface area contributed by atoms with Crippen molar-refractivity contribution < 1.29 is 14.3 Å². The Kier molecular flexibility index (Phi) is 6.09. The number of benzene rings is 1. The molecule has 0 radical (unpaired) electrons. The summed E-state index contributed by atoms with van der Waals surface area (Å²) in [6.45, 7) is 5.75. The fourth-order valence-corrected chi connectivity index (χ4v) is 3.81. The number of hydrogen-bond donors (Lipinski definition) is 1. The van der Waals surface area contributed by atoms with E-state index in [9.17, 15) is 9.59 Å². The van der Waals surface area contributed by atoms with Crippen molar-refractivity contribution in [1.29, 1.82) is 0 Å². The number of aryl methyl sites for hydroxylation is 1. The monoisotopic (exact) mass is 409 g/mol. The van der Waals surface area contributed by atoms with E-state index < -0.39 is 0 Å². The van der Waals surface area contributed by atoms with Crippen molar-refractivity contribution >= 4 is 33.4 Å². The van der Waals surface area contributed by atoms with Crippen LogP contribution in [0.3, 0.4) is 0 Å². The van der Waals surface area contributed by atoms with Gasteiger partial charge in [-0.15, -0.1) is 0 Å². The topological polar surface area (TPSA) is 61.9 Å². The Balaban J connectivity index is 1.45. The summed E-state index contributed by atoms with van der Waals surface area (Å²) in [5.41, 5.74) is 1.92. The average Bonchev–Trinajstić information content (AvgIpc) is 3.12. The van der Waals surface area contributed by atoms with Gasteiger partial charge in [0.25, 0.3) is 5.91 Å². The van der Waals surface area contributed by atoms with Crippen LogP contribution >= 0.6 is 15.9 Å². The lowest BCUT2D eigenvalue weighted by atomic mass is 10.2. The van der Waals surface area contributed by atoms with Gasteiger partial charge in [-0.2, -0.15) is 0 Å². The van der Waals surface area contributed by atoms with Gasteiger partial charge >= 0.3 is 0 Å². The second kappa shape index (κ2) is 8.29. The first-order valence-corrected chi connectivity index (χ1v) is 9.51. The van der Waals surface area contributed by atoms with Crippen molar-refractivity contribution in [1.82, 2.24) is 9.80 Å². The lowest BCUT2D eigenvalue weighted by molar-refractivity contribution is -0.142. The van der Waals surface area contributed by atoms with Crippen molar-refractivity contribution in [2.24, 2.45) is 0 Å². The van der Waals surface area contributed by atoms with Crippen molar-refractivity contribution in [3.63, 3.8) is 0 Å². The maximum atomic E-state index is 12.3. The number of carbonyl (C=O) groups is 2. The molecule has 1 N–H and O–H groups in total. The normalized spacial score (nSPS) is 21.4. The smallest absolute Gasteiger partial charge is 0.251 e. The summed E-state index contributed by atoms with van der Waals surface area (Å²) in [6, 6.07) is 5.84. The van der Waals surface area contributed by atoms with E-state index in [1.54, 1.807) is 0 Å². The fraction of sp³-hybridized carbons (Fsp3) is 0.556. The molecule has 7 heteroatoms. The Labute approximate surface area is 156 Å². The van der Waals surface area contributed by atoms with Crippen LogP contribution in [0.2, 0.25) is 0 Å². The van der Waals surface area contributed by atoms with Crippen LogP contribution in [0.25, 0.3) is 0 Å². The molecule has 2 aliphatic rings. The maximum Gasteiger partial charge on any atom is 0.251 e. The van der Waals surface area contributed by atoms with Crippen LogP contribution in [0, 0.1) is 6.92 Å². The van der Waals surface area contributed by atoms with E-state index in [1.807, 2.05) is 30.0 Å². The third-order valence-electron chi connectivity index (χ3n) is 4.65. The zero-order valence-corrected chi connectivity index (χ0v) is 16.0. The van der Waals surface area contributed by atoms with Crippen LogP contribution in [-0.2, 0) is 14.3 Å². The van der Waals surface area contributed by atoms with Crippen LogP contribution in [0.15, 0.2) is 22.7 Å². The predicted octanol–water partition coefficient (Wildman–Crippen LogP) is 2.02. The number of carbonyl (C=O) groups excluding carboxylic acids is 2. The first kappa shape index (κ1) is 18.4. The molecule has 2 aliphatic heterocycles. The van der Waals surface area contributed by atoms with Crippen LogP contribution in [-0.4, -0.2) is 67.0 Å². The molecule has 2 saturated heterocycles. The minimum absolute atomic E-state index is 0.0385. The van der Waals surface area contributed by atoms with Crippen molar-refractivity contribution in [2.75, 3.05) is 44.6 Å². The van der Waals surface area contributed by atoms with Crippen molar-refractivity contribution in [3.8, 4) is 0 Å². The molecule has 136 valence electrons. The molecule has 0 aliphatic carbocycles. The number of halogens is 1. The van der Waals surface area contributed by atoms with E-state index in [4.69, 9.17) is 4.74 Å². The van der Waals surface area contributed by atoms with Gasteiger partial charge in [0.1, 0.15) is 6.10 Å². The average molecular weight is 410 g/mol. The SMILES string of the molecule is Cc1ccc(NC(=O)CN2CCN(C(=O)[C@@H]3CCCO3)CC2)c(Br)c1. The lowest BCUT2D eigenvalue weighted by Crippen LogP contribution is -2.52. The largest absolute Gasteiger partial charge is 0.368 e. The van der Waals surface area contributed by atoms with Crippen molar-refractivity contribution in [3.05, 3.63) is 28.2 Å². The highest BCUT2D eigenvalue weighted by atomic mass is 79.9. The third-order valence-corrected chi connectivity index (χ3v) is 5.31. The number of anilines is 1. The Morgan fingerprint density at radius 3 is 2.68 bits per heavy atom. The molecule has 2 fully saturated rings. The molecule has 25 heavy (non-hydrogen) atoms. The van der Waals surface area contributed by atoms with E-state index in [1.165, 1.54) is 0 Å². The van der Waals surface area contributed by atoms with Gasteiger partial charge in [0.2, 0.25) is 5.91 Å². The van der Waals surface area contributed by atoms with E-state index in [0.29, 0.717) is 39.3 Å². The molecule has 0 unspecified atom stereocenters. The summed E-state index contributed by atoms with van der Waals surface area (Å²) in [5, 5.41) is 2.94. The molecular weight excluding hydrogens is 386 g/mol. The summed E-state index contributed by atoms with van der Waals surface area (Å²) in [6.07, 6.45) is 1.53. The summed E-state index contributed by atoms with van der Waals surface area (Å²) in [4.78, 5) is 28.5. The quantitative estimate of drug-likeness (QED) is 0.825. The van der Waals surface area contributed by atoms with Gasteiger partial charge in [0.15, 0.2) is 0 Å². The van der Waals surface area contributed by atoms with Gasteiger partial charge in [0, 0.05) is 37.3 Å². The summed E-state index contributed by atoms with van der Waals surface area (Å²) in [5.74, 6) is 0.0636. The van der Waals surface area contributed by atoms with Crippen molar-refractivity contribution in [2.45, 2.75) is 25.9 Å². The van der Waals surface area contributed by atoms with Gasteiger partial charge < -0.3 is 15.0 Å². The van der Waals surface area contributed by atoms with Gasteiger partial charge in [0.05, 0.1) is 12.2 Å². The molecule has 1 aromatic carbocycles. The second-order valence-electron chi connectivity index (χ2n) is 6.63. The van der Waals surface area contributed by atoms with E-state index in [0.717, 1.165) is 28.6 Å². The Morgan fingerprint density at radius 1 is 1.28 bits per heavy atom. The number of amides is 2. The van der Waals surface area contributed by atoms with Gasteiger partial charge in [-0.1, -0.05) is 6.07 Å². The molecule has 0 saturated carbocycles. The van der Waals surface area contributed by atoms with Crippen LogP contribution in [0.5, 0.6) is 0 Å². The standard InChI is InChI=1S/C18H24BrN3O3/c1-13-4-5-15(14(19)11-13)20-17(23)12-21-6-8-22(9-7-21)18(24)16-3-2-10-25-16/h4-5,11,16H,2-3,6-10,12H2,1H3,(H,20,23)/t16-/m0/s1. The lowest BCUT2D eigenvalue weighted by Gasteiger charge is -2.35. The van der Waals surface area contributed by atoms with Crippen LogP contribution in [0.4, 0.5) is 5.69 Å². The highest BCUT2D eigenvalue weighted by Gasteiger charge is 2.30. The third kappa shape index (κ3) is 4.80. The summed E-state index contributed by atoms with van der Waals surface area (Å²) >= 11 is 3.47. The highest BCUT2D eigenvalue weighted by molar-refractivity contribution is 9.10. The number of ether oxygens (including phenoxy) is 1. The Hall–Kier alpha value is -1.44. The zero-order valence-electron chi connectivity index (χ0n) is 14.5. The Bertz CT molecular complexity index is 638. The van der Waals surface area contributed by atoms with Gasteiger partial charge in [-0.05, 0) is 53.4 Å². The number of nitrogens with one attached hydrogen (secondary N) is 1. The van der Waals surface area contributed by atoms with E-state index >= 15 is 0 Å². The molecule has 3 rings (SSSR count). The number of hydrogen-bond acceptors (Lipinski definition) is 4. The predicted molar refractivity (Wildman–Crippen MR) is 99.5 cm³/mol. The number of nitrogens with zero attached hydrogens (tertiary/aromatic N) is 2. The second-order valence-corrected chi connectivity index (χ2v) is 7.49. The maximum absolute atomic E-state index is 12.3. The molecule has 1 atom stereocenters. The molecule has 2 amide bonds. The van der Waals surface area contributed by atoms with E-state index in [-0.39, 0.29) is 17.9 Å². The minimum Gasteiger partial charge on any atom is -0.368 e. The summed E-state index contributed by atoms with van der Waals surface area (Å²) < 4.78 is 6.35. The number of piperazine rings is 1. The van der Waals surface area contributed by atoms with Gasteiger partial charge in [-0.3, -0.25) is 14.5 Å². The zero-order chi connectivity index (χ0) is 17.8. The molecule has 2 heterocycles. The molecule has 0 bridgehead atoms. The summed E-state index contributed by atoms with van der Waals surface area (Å²) in [7, 11) is 0. The molecule has 6 nitrogen and oxygen atoms in total. The highest BCUT2D eigenvalue weighted by Crippen LogP contribution is 2.23. The first-order chi connectivity index (χ1) is 12.0. The van der Waals surface area contributed by atoms with Gasteiger partial charge in [-0.25, -0.2) is 0 Å². The molecule has 0 spiro atoms. The fourth-order valence-electron chi connectivity index (χ4n) is 3.22. The molecule has 1 aromatic rings. The molecular formula is C18H24BrN3O3. The first-order valence-electron chi connectivity index (χ1n) is 8.71.